The van der Waals surface area contributed by atoms with Crippen LogP contribution in [0.2, 0.25) is 0 Å². The maximum Gasteiger partial charge on any atom is 0.264 e. The smallest absolute Gasteiger partial charge is 0.264 e. The van der Waals surface area contributed by atoms with Gasteiger partial charge in [-0.1, -0.05) is 91.2 Å². The van der Waals surface area contributed by atoms with E-state index >= 15 is 0 Å². The Morgan fingerprint density at radius 3 is 2.02 bits per heavy atom. The third-order valence-electron chi connectivity index (χ3n) is 8.12. The number of ether oxygens (including phenoxy) is 2. The van der Waals surface area contributed by atoms with Crippen LogP contribution in [0.4, 0.5) is 5.69 Å². The SMILES string of the molecule is CCCCNC(=O)C(Cc1ccccc1)N(Cc1ccc(C)cc1)C(=O)CN(c1ccc(C)cc1)S(=O)(=O)c1ccc(OC)c(OC)c1. The van der Waals surface area contributed by atoms with Gasteiger partial charge in [-0.3, -0.25) is 13.9 Å². The summed E-state index contributed by atoms with van der Waals surface area (Å²) in [6.07, 6.45) is 1.94. The van der Waals surface area contributed by atoms with Gasteiger partial charge in [0.15, 0.2) is 11.5 Å². The zero-order valence-electron chi connectivity index (χ0n) is 28.3. The molecule has 4 rings (SSSR count). The highest BCUT2D eigenvalue weighted by Gasteiger charge is 2.35. The monoisotopic (exact) mass is 671 g/mol. The normalized spacial score (nSPS) is 11.8. The molecule has 1 unspecified atom stereocenters. The number of unbranched alkanes of at least 4 members (excludes halogenated alkanes) is 1. The Bertz CT molecular complexity index is 1760. The van der Waals surface area contributed by atoms with E-state index < -0.39 is 28.5 Å². The van der Waals surface area contributed by atoms with Gasteiger partial charge >= 0.3 is 0 Å². The first-order chi connectivity index (χ1) is 23.1. The molecule has 0 saturated carbocycles. The summed E-state index contributed by atoms with van der Waals surface area (Å²) >= 11 is 0. The highest BCUT2D eigenvalue weighted by Crippen LogP contribution is 2.32. The van der Waals surface area contributed by atoms with Crippen molar-refractivity contribution in [3.8, 4) is 11.5 Å². The van der Waals surface area contributed by atoms with Gasteiger partial charge in [-0.25, -0.2) is 8.42 Å². The van der Waals surface area contributed by atoms with Crippen LogP contribution in [0.5, 0.6) is 11.5 Å². The summed E-state index contributed by atoms with van der Waals surface area (Å²) in [4.78, 5) is 30.0. The summed E-state index contributed by atoms with van der Waals surface area (Å²) in [5.74, 6) is -0.206. The van der Waals surface area contributed by atoms with Gasteiger partial charge in [-0.15, -0.1) is 0 Å². The van der Waals surface area contributed by atoms with E-state index in [0.29, 0.717) is 18.0 Å². The molecule has 0 fully saturated rings. The molecule has 0 aliphatic carbocycles. The summed E-state index contributed by atoms with van der Waals surface area (Å²) in [7, 11) is -1.41. The second-order valence-corrected chi connectivity index (χ2v) is 13.6. The van der Waals surface area contributed by atoms with Crippen molar-refractivity contribution in [2.24, 2.45) is 0 Å². The van der Waals surface area contributed by atoms with Crippen LogP contribution >= 0.6 is 0 Å². The summed E-state index contributed by atoms with van der Waals surface area (Å²) in [5, 5.41) is 3.01. The molecule has 9 nitrogen and oxygen atoms in total. The van der Waals surface area contributed by atoms with Crippen molar-refractivity contribution in [2.75, 3.05) is 31.6 Å². The van der Waals surface area contributed by atoms with Gasteiger partial charge in [0.25, 0.3) is 10.0 Å². The second kappa shape index (κ2) is 16.8. The van der Waals surface area contributed by atoms with Gasteiger partial charge in [0.1, 0.15) is 12.6 Å². The quantitative estimate of drug-likeness (QED) is 0.145. The van der Waals surface area contributed by atoms with Crippen LogP contribution in [0.25, 0.3) is 0 Å². The fourth-order valence-electron chi connectivity index (χ4n) is 5.29. The lowest BCUT2D eigenvalue weighted by atomic mass is 10.0. The molecule has 4 aromatic rings. The Kier molecular flexibility index (Phi) is 12.6. The largest absolute Gasteiger partial charge is 0.493 e. The number of benzene rings is 4. The molecule has 0 aromatic heterocycles. The fraction of sp³-hybridized carbons (Fsp3) is 0.316. The van der Waals surface area contributed by atoms with Crippen molar-refractivity contribution in [3.05, 3.63) is 119 Å². The van der Waals surface area contributed by atoms with Crippen molar-refractivity contribution in [1.82, 2.24) is 10.2 Å². The third kappa shape index (κ3) is 9.16. The standard InChI is InChI=1S/C38H45N3O6S/c1-6-7-23-39-38(43)34(24-30-11-9-8-10-12-30)40(26-31-17-13-28(2)14-18-31)37(42)27-41(32-19-15-29(3)16-20-32)48(44,45)33-21-22-35(46-4)36(25-33)47-5/h8-22,25,34H,6-7,23-24,26-27H2,1-5H3,(H,39,43). The molecule has 1 N–H and O–H groups in total. The van der Waals surface area contributed by atoms with Crippen LogP contribution in [0.1, 0.15) is 42.0 Å². The first kappa shape index (κ1) is 36.0. The molecule has 0 saturated heterocycles. The Labute approximate surface area is 284 Å². The first-order valence-electron chi connectivity index (χ1n) is 16.1. The molecule has 10 heteroatoms. The minimum absolute atomic E-state index is 0.0725. The number of carbonyl (C=O) groups excluding carboxylic acids is 2. The highest BCUT2D eigenvalue weighted by atomic mass is 32.2. The van der Waals surface area contributed by atoms with Crippen molar-refractivity contribution in [2.45, 2.75) is 57.5 Å². The number of nitrogens with one attached hydrogen (secondary N) is 1. The van der Waals surface area contributed by atoms with Crippen molar-refractivity contribution >= 4 is 27.5 Å². The van der Waals surface area contributed by atoms with Crippen molar-refractivity contribution in [3.63, 3.8) is 0 Å². The van der Waals surface area contributed by atoms with Crippen LogP contribution < -0.4 is 19.1 Å². The van der Waals surface area contributed by atoms with Gasteiger partial charge in [0.05, 0.1) is 24.8 Å². The lowest BCUT2D eigenvalue weighted by Gasteiger charge is -2.34. The number of rotatable bonds is 16. The molecule has 2 amide bonds. The average Bonchev–Trinajstić information content (AvgIpc) is 3.10. The van der Waals surface area contributed by atoms with Gasteiger partial charge in [-0.05, 0) is 55.7 Å². The third-order valence-corrected chi connectivity index (χ3v) is 9.89. The molecule has 1 atom stereocenters. The van der Waals surface area contributed by atoms with E-state index in [0.717, 1.165) is 39.4 Å². The molecule has 0 aliphatic heterocycles. The number of hydrogen-bond acceptors (Lipinski definition) is 6. The second-order valence-electron chi connectivity index (χ2n) is 11.7. The van der Waals surface area contributed by atoms with E-state index in [1.165, 1.54) is 37.3 Å². The molecule has 0 heterocycles. The molecular weight excluding hydrogens is 627 g/mol. The van der Waals surface area contributed by atoms with Gasteiger partial charge in [0, 0.05) is 25.6 Å². The Balaban J connectivity index is 1.80. The topological polar surface area (TPSA) is 105 Å². The average molecular weight is 672 g/mol. The zero-order chi connectivity index (χ0) is 34.7. The predicted octanol–water partition coefficient (Wildman–Crippen LogP) is 6.07. The zero-order valence-corrected chi connectivity index (χ0v) is 29.1. The predicted molar refractivity (Wildman–Crippen MR) is 189 cm³/mol. The van der Waals surface area contributed by atoms with Crippen LogP contribution in [0.15, 0.2) is 102 Å². The summed E-state index contributed by atoms with van der Waals surface area (Å²) in [6, 6.07) is 27.6. The Hall–Kier alpha value is -4.83. The first-order valence-corrected chi connectivity index (χ1v) is 17.5. The van der Waals surface area contributed by atoms with E-state index in [1.54, 1.807) is 24.3 Å². The Morgan fingerprint density at radius 1 is 0.792 bits per heavy atom. The molecule has 254 valence electrons. The molecule has 0 bridgehead atoms. The number of carbonyl (C=O) groups is 2. The number of aryl methyl sites for hydroxylation is 2. The maximum atomic E-state index is 14.6. The summed E-state index contributed by atoms with van der Waals surface area (Å²) in [5.41, 5.74) is 4.00. The summed E-state index contributed by atoms with van der Waals surface area (Å²) in [6.45, 7) is 5.95. The number of hydrogen-bond donors (Lipinski definition) is 1. The molecule has 0 radical (unpaired) electrons. The van der Waals surface area contributed by atoms with E-state index in [4.69, 9.17) is 9.47 Å². The lowest BCUT2D eigenvalue weighted by Crippen LogP contribution is -2.53. The fourth-order valence-corrected chi connectivity index (χ4v) is 6.72. The summed E-state index contributed by atoms with van der Waals surface area (Å²) < 4.78 is 40.6. The molecular formula is C38H45N3O6S. The highest BCUT2D eigenvalue weighted by molar-refractivity contribution is 7.92. The number of amides is 2. The van der Waals surface area contributed by atoms with Crippen LogP contribution in [0, 0.1) is 13.8 Å². The molecule has 48 heavy (non-hydrogen) atoms. The number of anilines is 1. The number of sulfonamides is 1. The van der Waals surface area contributed by atoms with E-state index in [9.17, 15) is 18.0 Å². The van der Waals surface area contributed by atoms with Gasteiger partial charge < -0.3 is 19.7 Å². The molecule has 0 spiro atoms. The number of nitrogens with zero attached hydrogens (tertiary/aromatic N) is 2. The minimum atomic E-state index is -4.30. The van der Waals surface area contributed by atoms with Gasteiger partial charge in [-0.2, -0.15) is 0 Å². The van der Waals surface area contributed by atoms with Crippen molar-refractivity contribution < 1.29 is 27.5 Å². The molecule has 4 aromatic carbocycles. The molecule has 0 aliphatic rings. The van der Waals surface area contributed by atoms with E-state index in [2.05, 4.69) is 5.32 Å². The van der Waals surface area contributed by atoms with E-state index in [1.807, 2.05) is 75.4 Å². The number of methoxy groups -OCH3 is 2. The maximum absolute atomic E-state index is 14.6. The van der Waals surface area contributed by atoms with Crippen molar-refractivity contribution in [1.29, 1.82) is 0 Å². The van der Waals surface area contributed by atoms with Gasteiger partial charge in [0.2, 0.25) is 11.8 Å². The van der Waals surface area contributed by atoms with Crippen LogP contribution in [-0.4, -0.2) is 58.5 Å². The lowest BCUT2D eigenvalue weighted by molar-refractivity contribution is -0.140. The minimum Gasteiger partial charge on any atom is -0.493 e. The van der Waals surface area contributed by atoms with E-state index in [-0.39, 0.29) is 29.5 Å². The Morgan fingerprint density at radius 2 is 1.42 bits per heavy atom. The van der Waals surface area contributed by atoms with Crippen LogP contribution in [-0.2, 0) is 32.6 Å². The van der Waals surface area contributed by atoms with Crippen LogP contribution in [0.3, 0.4) is 0 Å².